The zero-order valence-electron chi connectivity index (χ0n) is 15.1. The van der Waals surface area contributed by atoms with Gasteiger partial charge in [-0.25, -0.2) is 8.42 Å². The van der Waals surface area contributed by atoms with E-state index in [9.17, 15) is 18.0 Å². The van der Waals surface area contributed by atoms with Crippen molar-refractivity contribution in [3.05, 3.63) is 90.0 Å². The quantitative estimate of drug-likeness (QED) is 0.507. The maximum Gasteiger partial charge on any atom is 0.244 e. The summed E-state index contributed by atoms with van der Waals surface area (Å²) in [6.07, 6.45) is 0. The molecule has 0 N–H and O–H groups in total. The Balaban J connectivity index is 1.71. The molecule has 1 aliphatic heterocycles. The number of hydrogen-bond donors (Lipinski definition) is 0. The molecular formula is C22H17NO4S. The predicted molar refractivity (Wildman–Crippen MR) is 106 cm³/mol. The lowest BCUT2D eigenvalue weighted by Gasteiger charge is -2.31. The third kappa shape index (κ3) is 2.87. The van der Waals surface area contributed by atoms with Gasteiger partial charge < -0.3 is 0 Å². The third-order valence-electron chi connectivity index (χ3n) is 4.95. The molecule has 28 heavy (non-hydrogen) atoms. The molecule has 0 aliphatic carbocycles. The second-order valence-electron chi connectivity index (χ2n) is 6.59. The number of ketones is 2. The van der Waals surface area contributed by atoms with Crippen molar-refractivity contribution in [3.63, 3.8) is 0 Å². The van der Waals surface area contributed by atoms with E-state index < -0.39 is 27.6 Å². The summed E-state index contributed by atoms with van der Waals surface area (Å²) in [5, 5.41) is 0. The van der Waals surface area contributed by atoms with Crippen LogP contribution in [0.4, 0.5) is 0 Å². The van der Waals surface area contributed by atoms with E-state index >= 15 is 0 Å². The minimum Gasteiger partial charge on any atom is -0.292 e. The van der Waals surface area contributed by atoms with Crippen LogP contribution < -0.4 is 0 Å². The molecule has 0 saturated heterocycles. The van der Waals surface area contributed by atoms with Crippen LogP contribution in [-0.4, -0.2) is 37.4 Å². The Morgan fingerprint density at radius 1 is 0.821 bits per heavy atom. The second kappa shape index (κ2) is 6.82. The zero-order valence-corrected chi connectivity index (χ0v) is 15.9. The minimum atomic E-state index is -3.92. The number of fused-ring (bicyclic) bond motifs is 1. The van der Waals surface area contributed by atoms with Crippen molar-refractivity contribution in [2.75, 3.05) is 7.05 Å². The molecule has 3 aromatic rings. The van der Waals surface area contributed by atoms with Gasteiger partial charge in [-0.2, -0.15) is 4.31 Å². The molecule has 0 amide bonds. The number of Topliss-reactive ketones (excluding diaryl/α,β-unsaturated/α-hetero) is 2. The SMILES string of the molecule is CN1C(C(=O)c2ccc(-c3ccccc3)cc2)C(=O)c2ccccc2S1(=O)=O. The second-order valence-corrected chi connectivity index (χ2v) is 8.56. The zero-order chi connectivity index (χ0) is 19.9. The highest BCUT2D eigenvalue weighted by molar-refractivity contribution is 7.89. The van der Waals surface area contributed by atoms with Crippen molar-refractivity contribution >= 4 is 21.6 Å². The fourth-order valence-electron chi connectivity index (χ4n) is 3.40. The first-order valence-electron chi connectivity index (χ1n) is 8.72. The third-order valence-corrected chi connectivity index (χ3v) is 6.83. The van der Waals surface area contributed by atoms with Crippen molar-refractivity contribution in [2.45, 2.75) is 10.9 Å². The molecule has 5 nitrogen and oxygen atoms in total. The van der Waals surface area contributed by atoms with Crippen LogP contribution in [0.2, 0.25) is 0 Å². The number of sulfonamides is 1. The molecule has 0 saturated carbocycles. The van der Waals surface area contributed by atoms with Gasteiger partial charge in [0.2, 0.25) is 10.0 Å². The van der Waals surface area contributed by atoms with Gasteiger partial charge in [-0.05, 0) is 23.3 Å². The van der Waals surface area contributed by atoms with E-state index in [1.165, 1.54) is 19.2 Å². The maximum atomic E-state index is 13.0. The van der Waals surface area contributed by atoms with Gasteiger partial charge in [0.1, 0.15) is 0 Å². The van der Waals surface area contributed by atoms with E-state index in [0.717, 1.165) is 15.4 Å². The Morgan fingerprint density at radius 3 is 2.07 bits per heavy atom. The van der Waals surface area contributed by atoms with Crippen molar-refractivity contribution in [1.29, 1.82) is 0 Å². The number of hydrogen-bond acceptors (Lipinski definition) is 4. The van der Waals surface area contributed by atoms with Crippen LogP contribution in [0.5, 0.6) is 0 Å². The molecule has 1 heterocycles. The molecule has 1 aliphatic rings. The highest BCUT2D eigenvalue weighted by atomic mass is 32.2. The van der Waals surface area contributed by atoms with Gasteiger partial charge in [0.05, 0.1) is 4.90 Å². The first-order valence-corrected chi connectivity index (χ1v) is 10.2. The van der Waals surface area contributed by atoms with E-state index in [4.69, 9.17) is 0 Å². The summed E-state index contributed by atoms with van der Waals surface area (Å²) in [7, 11) is -2.65. The van der Waals surface area contributed by atoms with Gasteiger partial charge in [0.25, 0.3) is 0 Å². The molecule has 1 unspecified atom stereocenters. The fraction of sp³-hybridized carbons (Fsp3) is 0.0909. The Bertz CT molecular complexity index is 1170. The average Bonchev–Trinajstić information content (AvgIpc) is 2.73. The minimum absolute atomic E-state index is 0.0554. The van der Waals surface area contributed by atoms with Crippen molar-refractivity contribution in [1.82, 2.24) is 4.31 Å². The Hall–Kier alpha value is -3.09. The molecule has 4 rings (SSSR count). The largest absolute Gasteiger partial charge is 0.292 e. The lowest BCUT2D eigenvalue weighted by Crippen LogP contribution is -2.51. The highest BCUT2D eigenvalue weighted by Crippen LogP contribution is 2.30. The van der Waals surface area contributed by atoms with E-state index in [2.05, 4.69) is 0 Å². The molecule has 3 aromatic carbocycles. The number of likely N-dealkylation sites (N-methyl/N-ethyl adjacent to an activating group) is 1. The Kier molecular flexibility index (Phi) is 4.45. The van der Waals surface area contributed by atoms with Crippen LogP contribution in [-0.2, 0) is 10.0 Å². The summed E-state index contributed by atoms with van der Waals surface area (Å²) in [4.78, 5) is 25.9. The van der Waals surface area contributed by atoms with Crippen LogP contribution in [0.15, 0.2) is 83.8 Å². The lowest BCUT2D eigenvalue weighted by molar-refractivity contribution is 0.0784. The van der Waals surface area contributed by atoms with Gasteiger partial charge in [0, 0.05) is 18.2 Å². The summed E-state index contributed by atoms with van der Waals surface area (Å²) in [5.41, 5.74) is 2.28. The fourth-order valence-corrected chi connectivity index (χ4v) is 4.88. The Morgan fingerprint density at radius 2 is 1.39 bits per heavy atom. The van der Waals surface area contributed by atoms with Crippen molar-refractivity contribution in [2.24, 2.45) is 0 Å². The van der Waals surface area contributed by atoms with E-state index in [-0.39, 0.29) is 10.5 Å². The van der Waals surface area contributed by atoms with Crippen LogP contribution >= 0.6 is 0 Å². The van der Waals surface area contributed by atoms with Crippen LogP contribution in [0.3, 0.4) is 0 Å². The standard InChI is InChI=1S/C22H17NO4S/c1-23-20(22(25)18-9-5-6-10-19(18)28(23,26)27)21(24)17-13-11-16(12-14-17)15-7-3-2-4-8-15/h2-14,20H,1H3. The van der Waals surface area contributed by atoms with Gasteiger partial charge in [-0.3, -0.25) is 9.59 Å². The van der Waals surface area contributed by atoms with Crippen LogP contribution in [0, 0.1) is 0 Å². The van der Waals surface area contributed by atoms with Gasteiger partial charge in [-0.15, -0.1) is 0 Å². The smallest absolute Gasteiger partial charge is 0.244 e. The summed E-state index contributed by atoms with van der Waals surface area (Å²) in [5.74, 6) is -1.05. The molecule has 0 aromatic heterocycles. The number of carbonyl (C=O) groups is 2. The van der Waals surface area contributed by atoms with E-state index in [1.54, 1.807) is 36.4 Å². The van der Waals surface area contributed by atoms with Crippen molar-refractivity contribution in [3.8, 4) is 11.1 Å². The number of benzene rings is 3. The summed E-state index contributed by atoms with van der Waals surface area (Å²) < 4.78 is 26.4. The van der Waals surface area contributed by atoms with Crippen LogP contribution in [0.1, 0.15) is 20.7 Å². The van der Waals surface area contributed by atoms with Gasteiger partial charge in [-0.1, -0.05) is 66.7 Å². The predicted octanol–water partition coefficient (Wildman–Crippen LogP) is 3.42. The summed E-state index contributed by atoms with van der Waals surface area (Å²) in [6, 6.07) is 21.1. The normalized spacial score (nSPS) is 18.5. The number of carbonyl (C=O) groups excluding carboxylic acids is 2. The summed E-state index contributed by atoms with van der Waals surface area (Å²) in [6.45, 7) is 0. The first kappa shape index (κ1) is 18.3. The molecule has 0 spiro atoms. The van der Waals surface area contributed by atoms with E-state index in [0.29, 0.717) is 5.56 Å². The van der Waals surface area contributed by atoms with Gasteiger partial charge >= 0.3 is 0 Å². The Labute approximate surface area is 163 Å². The molecular weight excluding hydrogens is 374 g/mol. The molecule has 140 valence electrons. The first-order chi connectivity index (χ1) is 13.4. The summed E-state index contributed by atoms with van der Waals surface area (Å²) >= 11 is 0. The number of nitrogens with zero attached hydrogens (tertiary/aromatic N) is 1. The lowest BCUT2D eigenvalue weighted by atomic mass is 9.94. The topological polar surface area (TPSA) is 71.5 Å². The molecule has 6 heteroatoms. The monoisotopic (exact) mass is 391 g/mol. The molecule has 0 fully saturated rings. The van der Waals surface area contributed by atoms with E-state index in [1.807, 2.05) is 30.3 Å². The molecule has 0 radical (unpaired) electrons. The average molecular weight is 391 g/mol. The maximum absolute atomic E-state index is 13.0. The number of rotatable bonds is 3. The van der Waals surface area contributed by atoms with Crippen LogP contribution in [0.25, 0.3) is 11.1 Å². The highest BCUT2D eigenvalue weighted by Gasteiger charge is 2.45. The molecule has 1 atom stereocenters. The molecule has 0 bridgehead atoms. The van der Waals surface area contributed by atoms with Crippen molar-refractivity contribution < 1.29 is 18.0 Å². The van der Waals surface area contributed by atoms with Gasteiger partial charge in [0.15, 0.2) is 17.6 Å².